The fourth-order valence-electron chi connectivity index (χ4n) is 3.14. The van der Waals surface area contributed by atoms with Gasteiger partial charge in [0, 0.05) is 25.4 Å². The van der Waals surface area contributed by atoms with Crippen molar-refractivity contribution in [3.63, 3.8) is 0 Å². The summed E-state index contributed by atoms with van der Waals surface area (Å²) >= 11 is 0.973. The van der Waals surface area contributed by atoms with Gasteiger partial charge in [-0.05, 0) is 78.7 Å². The molecule has 0 spiro atoms. The van der Waals surface area contributed by atoms with E-state index >= 15 is 0 Å². The fourth-order valence-corrected chi connectivity index (χ4v) is 3.40. The SMILES string of the molecule is CC(C)CCOC(C)C.N#C/C(=C\c1ccc2cc(N3CCOCC3)ccc2c1)SN. The molecule has 1 saturated heterocycles. The van der Waals surface area contributed by atoms with Crippen molar-refractivity contribution in [2.75, 3.05) is 37.8 Å². The number of nitriles is 1. The van der Waals surface area contributed by atoms with E-state index < -0.39 is 0 Å². The molecule has 1 aliphatic heterocycles. The number of benzene rings is 2. The Balaban J connectivity index is 0.000000323. The number of nitrogens with two attached hydrogens (primary N) is 1. The highest BCUT2D eigenvalue weighted by Crippen LogP contribution is 2.25. The van der Waals surface area contributed by atoms with Crippen LogP contribution in [0.5, 0.6) is 0 Å². The molecule has 3 rings (SSSR count). The van der Waals surface area contributed by atoms with Gasteiger partial charge in [-0.25, -0.2) is 0 Å². The zero-order valence-corrected chi connectivity index (χ0v) is 20.0. The second-order valence-corrected chi connectivity index (χ2v) is 8.91. The second-order valence-electron chi connectivity index (χ2n) is 8.23. The molecule has 0 amide bonds. The highest BCUT2D eigenvalue weighted by molar-refractivity contribution is 8.01. The summed E-state index contributed by atoms with van der Waals surface area (Å²) in [5, 5.41) is 16.8. The predicted octanol–water partition coefficient (Wildman–Crippen LogP) is 5.61. The maximum atomic E-state index is 8.95. The highest BCUT2D eigenvalue weighted by Gasteiger charge is 2.11. The number of allylic oxidation sites excluding steroid dienone is 1. The van der Waals surface area contributed by atoms with Crippen molar-refractivity contribution in [3.05, 3.63) is 46.9 Å². The van der Waals surface area contributed by atoms with Gasteiger partial charge in [0.1, 0.15) is 11.0 Å². The normalized spacial score (nSPS) is 14.5. The molecule has 2 aromatic carbocycles. The van der Waals surface area contributed by atoms with E-state index in [1.165, 1.54) is 17.5 Å². The van der Waals surface area contributed by atoms with E-state index in [1.54, 1.807) is 6.08 Å². The van der Waals surface area contributed by atoms with Crippen molar-refractivity contribution in [2.45, 2.75) is 40.2 Å². The second kappa shape index (κ2) is 13.4. The summed E-state index contributed by atoms with van der Waals surface area (Å²) in [4.78, 5) is 2.85. The van der Waals surface area contributed by atoms with E-state index in [-0.39, 0.29) is 0 Å². The molecule has 1 fully saturated rings. The van der Waals surface area contributed by atoms with Crippen molar-refractivity contribution in [1.82, 2.24) is 0 Å². The molecule has 6 heteroatoms. The summed E-state index contributed by atoms with van der Waals surface area (Å²) in [5.74, 6) is 0.767. The topological polar surface area (TPSA) is 71.5 Å². The lowest BCUT2D eigenvalue weighted by Gasteiger charge is -2.29. The molecule has 0 saturated carbocycles. The van der Waals surface area contributed by atoms with E-state index in [1.807, 2.05) is 6.07 Å². The lowest BCUT2D eigenvalue weighted by Crippen LogP contribution is -2.36. The molecule has 2 aromatic rings. The summed E-state index contributed by atoms with van der Waals surface area (Å²) in [5.41, 5.74) is 2.22. The summed E-state index contributed by atoms with van der Waals surface area (Å²) in [6, 6.07) is 14.7. The maximum Gasteiger partial charge on any atom is 0.107 e. The summed E-state index contributed by atoms with van der Waals surface area (Å²) < 4.78 is 10.7. The van der Waals surface area contributed by atoms with Crippen LogP contribution in [0.1, 0.15) is 39.7 Å². The number of hydrogen-bond donors (Lipinski definition) is 1. The van der Waals surface area contributed by atoms with E-state index in [9.17, 15) is 0 Å². The Labute approximate surface area is 191 Å². The number of rotatable bonds is 7. The number of morpholine rings is 1. The Morgan fingerprint density at radius 3 is 2.45 bits per heavy atom. The minimum absolute atomic E-state index is 0.392. The van der Waals surface area contributed by atoms with Crippen LogP contribution in [0, 0.1) is 17.2 Å². The molecule has 2 N–H and O–H groups in total. The Morgan fingerprint density at radius 1 is 1.16 bits per heavy atom. The minimum Gasteiger partial charge on any atom is -0.379 e. The molecule has 5 nitrogen and oxygen atoms in total. The van der Waals surface area contributed by atoms with Crippen LogP contribution in [0.2, 0.25) is 0 Å². The average Bonchev–Trinajstić information content (AvgIpc) is 2.77. The van der Waals surface area contributed by atoms with Crippen molar-refractivity contribution in [2.24, 2.45) is 11.1 Å². The first-order valence-corrected chi connectivity index (χ1v) is 11.8. The van der Waals surface area contributed by atoms with Crippen LogP contribution in [0.15, 0.2) is 41.3 Å². The zero-order valence-electron chi connectivity index (χ0n) is 19.1. The van der Waals surface area contributed by atoms with Crippen molar-refractivity contribution >= 4 is 34.5 Å². The lowest BCUT2D eigenvalue weighted by molar-refractivity contribution is 0.0710. The van der Waals surface area contributed by atoms with Crippen LogP contribution in [0.4, 0.5) is 5.69 Å². The first-order chi connectivity index (χ1) is 14.9. The summed E-state index contributed by atoms with van der Waals surface area (Å²) in [7, 11) is 0. The first-order valence-electron chi connectivity index (χ1n) is 10.9. The number of hydrogen-bond acceptors (Lipinski definition) is 6. The van der Waals surface area contributed by atoms with Gasteiger partial charge in [0.05, 0.1) is 19.3 Å². The van der Waals surface area contributed by atoms with Gasteiger partial charge in [0.25, 0.3) is 0 Å². The third-order valence-corrected chi connectivity index (χ3v) is 5.37. The number of fused-ring (bicyclic) bond motifs is 1. The largest absolute Gasteiger partial charge is 0.379 e. The van der Waals surface area contributed by atoms with Gasteiger partial charge < -0.3 is 14.4 Å². The summed E-state index contributed by atoms with van der Waals surface area (Å²) in [6.45, 7) is 12.9. The summed E-state index contributed by atoms with van der Waals surface area (Å²) in [6.07, 6.45) is 3.38. The van der Waals surface area contributed by atoms with Crippen molar-refractivity contribution in [3.8, 4) is 6.07 Å². The van der Waals surface area contributed by atoms with Gasteiger partial charge in [-0.15, -0.1) is 0 Å². The molecule has 168 valence electrons. The first kappa shape index (κ1) is 25.2. The van der Waals surface area contributed by atoms with Crippen LogP contribution in [-0.2, 0) is 9.47 Å². The van der Waals surface area contributed by atoms with Gasteiger partial charge in [-0.2, -0.15) is 5.26 Å². The standard InChI is InChI=1S/C17H17N3OS.C8H18O/c18-12-17(22-19)10-13-1-2-15-11-16(4-3-14(15)9-13)20-5-7-21-8-6-20;1-7(2)5-6-9-8(3)4/h1-4,9-11H,5-8,19H2;7-8H,5-6H2,1-4H3/b17-10+;. The van der Waals surface area contributed by atoms with Crippen LogP contribution in [0.25, 0.3) is 16.8 Å². The van der Waals surface area contributed by atoms with Crippen LogP contribution in [-0.4, -0.2) is 39.0 Å². The molecule has 0 unspecified atom stereocenters. The molecule has 0 aliphatic carbocycles. The predicted molar refractivity (Wildman–Crippen MR) is 133 cm³/mol. The van der Waals surface area contributed by atoms with Crippen LogP contribution in [0.3, 0.4) is 0 Å². The Morgan fingerprint density at radius 2 is 1.84 bits per heavy atom. The van der Waals surface area contributed by atoms with E-state index in [4.69, 9.17) is 19.9 Å². The Hall–Kier alpha value is -2.04. The number of nitrogens with zero attached hydrogens (tertiary/aromatic N) is 2. The van der Waals surface area contributed by atoms with E-state index in [0.29, 0.717) is 11.0 Å². The van der Waals surface area contributed by atoms with Gasteiger partial charge in [0.2, 0.25) is 0 Å². The molecule has 0 atom stereocenters. The van der Waals surface area contributed by atoms with Gasteiger partial charge >= 0.3 is 0 Å². The number of anilines is 1. The quantitative estimate of drug-likeness (QED) is 0.445. The molecule has 1 aliphatic rings. The average molecular weight is 442 g/mol. The number of ether oxygens (including phenoxy) is 2. The van der Waals surface area contributed by atoms with Crippen LogP contribution >= 0.6 is 11.9 Å². The lowest BCUT2D eigenvalue weighted by atomic mass is 10.1. The smallest absolute Gasteiger partial charge is 0.107 e. The highest BCUT2D eigenvalue weighted by atomic mass is 32.2. The Kier molecular flexibility index (Phi) is 10.9. The molecule has 0 radical (unpaired) electrons. The molecular formula is C25H35N3O2S. The molecule has 0 aromatic heterocycles. The third-order valence-electron chi connectivity index (χ3n) is 4.91. The monoisotopic (exact) mass is 441 g/mol. The van der Waals surface area contributed by atoms with Gasteiger partial charge in [-0.3, -0.25) is 5.14 Å². The van der Waals surface area contributed by atoms with E-state index in [0.717, 1.165) is 61.7 Å². The molecular weight excluding hydrogens is 406 g/mol. The molecule has 31 heavy (non-hydrogen) atoms. The van der Waals surface area contributed by atoms with Gasteiger partial charge in [0.15, 0.2) is 0 Å². The minimum atomic E-state index is 0.392. The zero-order chi connectivity index (χ0) is 22.6. The van der Waals surface area contributed by atoms with Crippen molar-refractivity contribution in [1.29, 1.82) is 5.26 Å². The maximum absolute atomic E-state index is 8.95. The third kappa shape index (κ3) is 8.92. The Bertz CT molecular complexity index is 876. The molecule has 1 heterocycles. The van der Waals surface area contributed by atoms with Crippen molar-refractivity contribution < 1.29 is 9.47 Å². The van der Waals surface area contributed by atoms with Gasteiger partial charge in [-0.1, -0.05) is 32.0 Å². The van der Waals surface area contributed by atoms with E-state index in [2.05, 4.69) is 69.0 Å². The molecule has 0 bridgehead atoms. The van der Waals surface area contributed by atoms with Crippen LogP contribution < -0.4 is 10.0 Å². The fraction of sp³-hybridized carbons (Fsp3) is 0.480.